The van der Waals surface area contributed by atoms with E-state index in [2.05, 4.69) is 5.32 Å². The molecule has 92 valence electrons. The Balaban J connectivity index is 2.51. The van der Waals surface area contributed by atoms with Gasteiger partial charge in [0.2, 0.25) is 5.91 Å². The quantitative estimate of drug-likeness (QED) is 0.308. The van der Waals surface area contributed by atoms with Gasteiger partial charge in [0, 0.05) is 6.08 Å². The first-order valence-corrected chi connectivity index (χ1v) is 4.74. The molecule has 0 saturated carbocycles. The summed E-state index contributed by atoms with van der Waals surface area (Å²) in [6.45, 7) is -0.618. The summed E-state index contributed by atoms with van der Waals surface area (Å²) >= 11 is 0. The molecule has 0 aromatic carbocycles. The molecule has 1 heterocycles. The fourth-order valence-corrected chi connectivity index (χ4v) is 1.04. The largest absolute Gasteiger partial charge is 0.465 e. The lowest BCUT2D eigenvalue weighted by molar-refractivity contribution is -0.134. The van der Waals surface area contributed by atoms with Gasteiger partial charge < -0.3 is 14.8 Å². The number of aliphatic hydroxyl groups is 1. The summed E-state index contributed by atoms with van der Waals surface area (Å²) in [4.78, 5) is 22.2. The standard InChI is InChI=1S/C10H12N2O5/c13-6-8(10(15)12-16)11-9(14)4-3-7-2-1-5-17-7/h1-5,8,13,16H,6H2,(H,11,14)(H,12,15). The Bertz CT molecular complexity index is 399. The highest BCUT2D eigenvalue weighted by molar-refractivity contribution is 5.95. The van der Waals surface area contributed by atoms with E-state index >= 15 is 0 Å². The van der Waals surface area contributed by atoms with Crippen molar-refractivity contribution in [3.63, 3.8) is 0 Å². The molecule has 0 spiro atoms. The number of carbonyl (C=O) groups is 2. The van der Waals surface area contributed by atoms with Gasteiger partial charge >= 0.3 is 0 Å². The number of aliphatic hydroxyl groups excluding tert-OH is 1. The van der Waals surface area contributed by atoms with Crippen LogP contribution in [0, 0.1) is 0 Å². The van der Waals surface area contributed by atoms with E-state index in [0.29, 0.717) is 5.76 Å². The normalized spacial score (nSPS) is 12.4. The van der Waals surface area contributed by atoms with Crippen molar-refractivity contribution in [3.05, 3.63) is 30.2 Å². The molecule has 7 heteroatoms. The molecule has 4 N–H and O–H groups in total. The van der Waals surface area contributed by atoms with Crippen molar-refractivity contribution in [2.75, 3.05) is 6.61 Å². The number of nitrogens with one attached hydrogen (secondary N) is 2. The molecule has 17 heavy (non-hydrogen) atoms. The molecule has 1 atom stereocenters. The zero-order valence-corrected chi connectivity index (χ0v) is 8.79. The van der Waals surface area contributed by atoms with Crippen LogP contribution in [0.4, 0.5) is 0 Å². The molecule has 2 amide bonds. The maximum Gasteiger partial charge on any atom is 0.268 e. The maximum atomic E-state index is 11.3. The third-order valence-electron chi connectivity index (χ3n) is 1.87. The number of carbonyl (C=O) groups excluding carboxylic acids is 2. The second-order valence-corrected chi connectivity index (χ2v) is 3.07. The Hall–Kier alpha value is -2.12. The third-order valence-corrected chi connectivity index (χ3v) is 1.87. The Kier molecular flexibility index (Phi) is 4.92. The summed E-state index contributed by atoms with van der Waals surface area (Å²) in [5.41, 5.74) is 1.33. The Morgan fingerprint density at radius 2 is 2.29 bits per heavy atom. The lowest BCUT2D eigenvalue weighted by atomic mass is 10.3. The number of hydrogen-bond donors (Lipinski definition) is 4. The smallest absolute Gasteiger partial charge is 0.268 e. The Morgan fingerprint density at radius 1 is 1.53 bits per heavy atom. The van der Waals surface area contributed by atoms with Gasteiger partial charge in [0.15, 0.2) is 0 Å². The first-order valence-electron chi connectivity index (χ1n) is 4.74. The predicted octanol–water partition coefficient (Wildman–Crippen LogP) is -0.725. The molecule has 7 nitrogen and oxygen atoms in total. The lowest BCUT2D eigenvalue weighted by Crippen LogP contribution is -2.47. The van der Waals surface area contributed by atoms with Crippen molar-refractivity contribution in [2.24, 2.45) is 0 Å². The molecule has 0 radical (unpaired) electrons. The van der Waals surface area contributed by atoms with Gasteiger partial charge in [-0.25, -0.2) is 5.48 Å². The van der Waals surface area contributed by atoms with E-state index in [1.165, 1.54) is 17.8 Å². The van der Waals surface area contributed by atoms with E-state index in [1.807, 2.05) is 0 Å². The fraction of sp³-hybridized carbons (Fsp3) is 0.200. The number of furan rings is 1. The Labute approximate surface area is 96.7 Å². The lowest BCUT2D eigenvalue weighted by Gasteiger charge is -2.11. The zero-order chi connectivity index (χ0) is 12.7. The molecular weight excluding hydrogens is 228 g/mol. The average Bonchev–Trinajstić information content (AvgIpc) is 2.85. The highest BCUT2D eigenvalue weighted by Gasteiger charge is 2.17. The van der Waals surface area contributed by atoms with Gasteiger partial charge in [-0.3, -0.25) is 14.8 Å². The van der Waals surface area contributed by atoms with Crippen LogP contribution in [0.15, 0.2) is 28.9 Å². The summed E-state index contributed by atoms with van der Waals surface area (Å²) in [5.74, 6) is -1.01. The summed E-state index contributed by atoms with van der Waals surface area (Å²) in [7, 11) is 0. The minimum absolute atomic E-state index is 0.479. The van der Waals surface area contributed by atoms with Crippen LogP contribution in [-0.4, -0.2) is 34.8 Å². The van der Waals surface area contributed by atoms with Crippen LogP contribution >= 0.6 is 0 Å². The van der Waals surface area contributed by atoms with E-state index in [9.17, 15) is 9.59 Å². The van der Waals surface area contributed by atoms with Crippen LogP contribution in [0.1, 0.15) is 5.76 Å². The van der Waals surface area contributed by atoms with Crippen molar-refractivity contribution in [1.82, 2.24) is 10.8 Å². The van der Waals surface area contributed by atoms with Gasteiger partial charge in [-0.2, -0.15) is 0 Å². The first-order chi connectivity index (χ1) is 8.17. The Morgan fingerprint density at radius 3 is 2.82 bits per heavy atom. The van der Waals surface area contributed by atoms with Gasteiger partial charge in [-0.1, -0.05) is 0 Å². The summed E-state index contributed by atoms with van der Waals surface area (Å²) in [5, 5.41) is 19.3. The van der Waals surface area contributed by atoms with Crippen molar-refractivity contribution in [1.29, 1.82) is 0 Å². The molecule has 0 bridgehead atoms. The van der Waals surface area contributed by atoms with E-state index in [-0.39, 0.29) is 0 Å². The van der Waals surface area contributed by atoms with Crippen molar-refractivity contribution >= 4 is 17.9 Å². The zero-order valence-electron chi connectivity index (χ0n) is 8.79. The molecular formula is C10H12N2O5. The molecule has 1 aromatic rings. The van der Waals surface area contributed by atoms with Gasteiger partial charge in [-0.15, -0.1) is 0 Å². The number of amides is 2. The number of rotatable bonds is 5. The fourth-order valence-electron chi connectivity index (χ4n) is 1.04. The highest BCUT2D eigenvalue weighted by Crippen LogP contribution is 2.01. The molecule has 0 saturated heterocycles. The van der Waals surface area contributed by atoms with Crippen LogP contribution in [0.25, 0.3) is 6.08 Å². The molecule has 1 unspecified atom stereocenters. The van der Waals surface area contributed by atoms with Crippen LogP contribution in [0.2, 0.25) is 0 Å². The summed E-state index contributed by atoms with van der Waals surface area (Å²) < 4.78 is 4.95. The van der Waals surface area contributed by atoms with E-state index in [1.54, 1.807) is 12.1 Å². The van der Waals surface area contributed by atoms with Crippen LogP contribution in [0.3, 0.4) is 0 Å². The highest BCUT2D eigenvalue weighted by atomic mass is 16.5. The number of hydroxylamine groups is 1. The molecule has 0 fully saturated rings. The minimum atomic E-state index is -1.20. The first kappa shape index (κ1) is 12.9. The molecule has 1 aromatic heterocycles. The monoisotopic (exact) mass is 240 g/mol. The second kappa shape index (κ2) is 6.46. The van der Waals surface area contributed by atoms with Gasteiger partial charge in [0.25, 0.3) is 5.91 Å². The average molecular weight is 240 g/mol. The van der Waals surface area contributed by atoms with Crippen LogP contribution in [-0.2, 0) is 9.59 Å². The predicted molar refractivity (Wildman–Crippen MR) is 56.7 cm³/mol. The molecule has 0 aliphatic heterocycles. The van der Waals surface area contributed by atoms with Crippen molar-refractivity contribution in [2.45, 2.75) is 6.04 Å². The van der Waals surface area contributed by atoms with E-state index in [4.69, 9.17) is 14.7 Å². The molecule has 0 aliphatic carbocycles. The van der Waals surface area contributed by atoms with Crippen LogP contribution < -0.4 is 10.8 Å². The maximum absolute atomic E-state index is 11.3. The summed E-state index contributed by atoms with van der Waals surface area (Å²) in [6, 6.07) is 2.11. The second-order valence-electron chi connectivity index (χ2n) is 3.07. The van der Waals surface area contributed by atoms with Crippen molar-refractivity contribution < 1.29 is 24.3 Å². The minimum Gasteiger partial charge on any atom is -0.465 e. The van der Waals surface area contributed by atoms with Gasteiger partial charge in [0.05, 0.1) is 12.9 Å². The topological polar surface area (TPSA) is 112 Å². The van der Waals surface area contributed by atoms with E-state index < -0.39 is 24.5 Å². The van der Waals surface area contributed by atoms with Crippen LogP contribution in [0.5, 0.6) is 0 Å². The summed E-state index contributed by atoms with van der Waals surface area (Å²) in [6.07, 6.45) is 4.00. The van der Waals surface area contributed by atoms with Crippen molar-refractivity contribution in [3.8, 4) is 0 Å². The third kappa shape index (κ3) is 4.09. The van der Waals surface area contributed by atoms with Gasteiger partial charge in [-0.05, 0) is 18.2 Å². The van der Waals surface area contributed by atoms with E-state index in [0.717, 1.165) is 6.08 Å². The molecule has 0 aliphatic rings. The number of hydrogen-bond acceptors (Lipinski definition) is 5. The SMILES string of the molecule is O=C(C=Cc1ccco1)NC(CO)C(=O)NO. The van der Waals surface area contributed by atoms with Gasteiger partial charge in [0.1, 0.15) is 11.8 Å². The molecule has 1 rings (SSSR count).